The van der Waals surface area contributed by atoms with Crippen LogP contribution in [0.2, 0.25) is 0 Å². The van der Waals surface area contributed by atoms with E-state index < -0.39 is 0 Å². The Kier molecular flexibility index (Phi) is 2.75. The first-order valence-corrected chi connectivity index (χ1v) is 5.51. The lowest BCUT2D eigenvalue weighted by Gasteiger charge is -2.25. The lowest BCUT2D eigenvalue weighted by atomic mass is 9.83. The summed E-state index contributed by atoms with van der Waals surface area (Å²) in [5, 5.41) is 3.13. The summed E-state index contributed by atoms with van der Waals surface area (Å²) in [5.74, 6) is 1.98. The van der Waals surface area contributed by atoms with Crippen LogP contribution in [0, 0.1) is 12.8 Å². The van der Waals surface area contributed by atoms with Crippen LogP contribution in [0.15, 0.2) is 6.20 Å². The third-order valence-corrected chi connectivity index (χ3v) is 3.12. The molecule has 78 valence electrons. The molecule has 1 aromatic rings. The third-order valence-electron chi connectivity index (χ3n) is 3.12. The topological polar surface area (TPSA) is 29.9 Å². The first-order valence-electron chi connectivity index (χ1n) is 5.51. The van der Waals surface area contributed by atoms with Crippen molar-refractivity contribution in [2.24, 2.45) is 5.92 Å². The predicted molar refractivity (Wildman–Crippen MR) is 58.5 cm³/mol. The van der Waals surface area contributed by atoms with Crippen molar-refractivity contribution in [2.45, 2.75) is 39.2 Å². The van der Waals surface area contributed by atoms with E-state index in [1.165, 1.54) is 25.7 Å². The Morgan fingerprint density at radius 2 is 2.36 bits per heavy atom. The van der Waals surface area contributed by atoms with Crippen molar-refractivity contribution in [1.82, 2.24) is 9.55 Å². The van der Waals surface area contributed by atoms with Gasteiger partial charge in [-0.1, -0.05) is 19.3 Å². The molecule has 14 heavy (non-hydrogen) atoms. The van der Waals surface area contributed by atoms with Crippen molar-refractivity contribution in [1.29, 1.82) is 0 Å². The van der Waals surface area contributed by atoms with Crippen LogP contribution in [-0.4, -0.2) is 16.6 Å². The van der Waals surface area contributed by atoms with E-state index >= 15 is 0 Å². The fraction of sp³-hybridized carbons (Fsp3) is 0.727. The number of rotatable bonds is 4. The SMILES string of the molecule is CNc1nc(C)cn1CCC1CCC1. The van der Waals surface area contributed by atoms with E-state index in [1.807, 2.05) is 14.0 Å². The first-order chi connectivity index (χ1) is 6.79. The number of hydrogen-bond acceptors (Lipinski definition) is 2. The molecular formula is C11H19N3. The number of aromatic nitrogens is 2. The van der Waals surface area contributed by atoms with E-state index in [4.69, 9.17) is 0 Å². The van der Waals surface area contributed by atoms with E-state index in [0.717, 1.165) is 24.1 Å². The Morgan fingerprint density at radius 1 is 1.57 bits per heavy atom. The van der Waals surface area contributed by atoms with E-state index in [2.05, 4.69) is 21.1 Å². The average molecular weight is 193 g/mol. The smallest absolute Gasteiger partial charge is 0.202 e. The minimum absolute atomic E-state index is 0.974. The largest absolute Gasteiger partial charge is 0.359 e. The Bertz CT molecular complexity index is 299. The maximum atomic E-state index is 4.40. The Hall–Kier alpha value is -0.990. The highest BCUT2D eigenvalue weighted by molar-refractivity contribution is 5.27. The lowest BCUT2D eigenvalue weighted by molar-refractivity contribution is 0.283. The summed E-state index contributed by atoms with van der Waals surface area (Å²) < 4.78 is 2.23. The Balaban J connectivity index is 1.92. The Morgan fingerprint density at radius 3 is 2.93 bits per heavy atom. The number of hydrogen-bond donors (Lipinski definition) is 1. The van der Waals surface area contributed by atoms with Crippen LogP contribution in [-0.2, 0) is 6.54 Å². The summed E-state index contributed by atoms with van der Waals surface area (Å²) >= 11 is 0. The van der Waals surface area contributed by atoms with E-state index in [-0.39, 0.29) is 0 Å². The van der Waals surface area contributed by atoms with Crippen LogP contribution in [0.3, 0.4) is 0 Å². The van der Waals surface area contributed by atoms with Gasteiger partial charge in [-0.05, 0) is 19.3 Å². The summed E-state index contributed by atoms with van der Waals surface area (Å²) in [5.41, 5.74) is 1.10. The minimum atomic E-state index is 0.974. The van der Waals surface area contributed by atoms with Crippen molar-refractivity contribution >= 4 is 5.95 Å². The van der Waals surface area contributed by atoms with Gasteiger partial charge in [0.2, 0.25) is 5.95 Å². The molecule has 2 rings (SSSR count). The molecule has 1 aliphatic carbocycles. The standard InChI is InChI=1S/C11H19N3/c1-9-8-14(11(12-2)13-9)7-6-10-4-3-5-10/h8,10H,3-7H2,1-2H3,(H,12,13). The normalized spacial score (nSPS) is 16.7. The zero-order valence-electron chi connectivity index (χ0n) is 9.08. The van der Waals surface area contributed by atoms with Gasteiger partial charge in [-0.2, -0.15) is 0 Å². The van der Waals surface area contributed by atoms with Gasteiger partial charge in [-0.15, -0.1) is 0 Å². The van der Waals surface area contributed by atoms with Gasteiger partial charge >= 0.3 is 0 Å². The van der Waals surface area contributed by atoms with E-state index in [1.54, 1.807) is 0 Å². The molecule has 1 N–H and O–H groups in total. The molecule has 0 atom stereocenters. The van der Waals surface area contributed by atoms with Gasteiger partial charge < -0.3 is 9.88 Å². The number of nitrogens with zero attached hydrogens (tertiary/aromatic N) is 2. The molecule has 0 spiro atoms. The maximum Gasteiger partial charge on any atom is 0.202 e. The zero-order valence-corrected chi connectivity index (χ0v) is 9.08. The van der Waals surface area contributed by atoms with Crippen LogP contribution in [0.4, 0.5) is 5.95 Å². The second kappa shape index (κ2) is 4.03. The molecule has 0 aromatic carbocycles. The summed E-state index contributed by atoms with van der Waals surface area (Å²) in [4.78, 5) is 4.40. The van der Waals surface area contributed by atoms with Crippen LogP contribution in [0.25, 0.3) is 0 Å². The molecule has 1 saturated carbocycles. The fourth-order valence-corrected chi connectivity index (χ4v) is 2.02. The molecule has 1 fully saturated rings. The van der Waals surface area contributed by atoms with Gasteiger partial charge in [-0.25, -0.2) is 4.98 Å². The van der Waals surface area contributed by atoms with Crippen LogP contribution < -0.4 is 5.32 Å². The van der Waals surface area contributed by atoms with Gasteiger partial charge in [0.25, 0.3) is 0 Å². The average Bonchev–Trinajstić information content (AvgIpc) is 2.43. The Labute approximate surface area is 85.5 Å². The number of nitrogens with one attached hydrogen (secondary N) is 1. The van der Waals surface area contributed by atoms with Gasteiger partial charge in [0.1, 0.15) is 0 Å². The molecule has 3 nitrogen and oxygen atoms in total. The number of anilines is 1. The summed E-state index contributed by atoms with van der Waals surface area (Å²) in [6.07, 6.45) is 7.74. The molecule has 1 aromatic heterocycles. The molecule has 0 bridgehead atoms. The van der Waals surface area contributed by atoms with Gasteiger partial charge in [-0.3, -0.25) is 0 Å². The molecule has 3 heteroatoms. The predicted octanol–water partition coefficient (Wildman–Crippen LogP) is 2.42. The van der Waals surface area contributed by atoms with Gasteiger partial charge in [0.15, 0.2) is 0 Å². The third kappa shape index (κ3) is 1.91. The van der Waals surface area contributed by atoms with Crippen molar-refractivity contribution in [2.75, 3.05) is 12.4 Å². The molecule has 1 aliphatic rings. The van der Waals surface area contributed by atoms with Crippen LogP contribution in [0.1, 0.15) is 31.4 Å². The van der Waals surface area contributed by atoms with Crippen LogP contribution in [0.5, 0.6) is 0 Å². The molecule has 0 saturated heterocycles. The van der Waals surface area contributed by atoms with Crippen molar-refractivity contribution in [3.63, 3.8) is 0 Å². The number of imidazole rings is 1. The number of aryl methyl sites for hydroxylation is 2. The summed E-state index contributed by atoms with van der Waals surface area (Å²) in [6, 6.07) is 0. The highest BCUT2D eigenvalue weighted by Crippen LogP contribution is 2.30. The van der Waals surface area contributed by atoms with E-state index in [0.29, 0.717) is 0 Å². The summed E-state index contributed by atoms with van der Waals surface area (Å²) in [6.45, 7) is 3.16. The zero-order chi connectivity index (χ0) is 9.97. The minimum Gasteiger partial charge on any atom is -0.359 e. The van der Waals surface area contributed by atoms with Crippen molar-refractivity contribution in [3.05, 3.63) is 11.9 Å². The van der Waals surface area contributed by atoms with E-state index in [9.17, 15) is 0 Å². The summed E-state index contributed by atoms with van der Waals surface area (Å²) in [7, 11) is 1.93. The quantitative estimate of drug-likeness (QED) is 0.796. The van der Waals surface area contributed by atoms with Crippen molar-refractivity contribution < 1.29 is 0 Å². The molecule has 0 radical (unpaired) electrons. The second-order valence-electron chi connectivity index (χ2n) is 4.23. The first kappa shape index (κ1) is 9.56. The molecule has 0 unspecified atom stereocenters. The maximum absolute atomic E-state index is 4.40. The molecule has 1 heterocycles. The molecule has 0 amide bonds. The monoisotopic (exact) mass is 193 g/mol. The van der Waals surface area contributed by atoms with Gasteiger partial charge in [0, 0.05) is 19.8 Å². The van der Waals surface area contributed by atoms with Crippen molar-refractivity contribution in [3.8, 4) is 0 Å². The van der Waals surface area contributed by atoms with Gasteiger partial charge in [0.05, 0.1) is 5.69 Å². The van der Waals surface area contributed by atoms with Crippen LogP contribution >= 0.6 is 0 Å². The molecular weight excluding hydrogens is 174 g/mol. The molecule has 0 aliphatic heterocycles. The highest BCUT2D eigenvalue weighted by Gasteiger charge is 2.17. The fourth-order valence-electron chi connectivity index (χ4n) is 2.02. The lowest BCUT2D eigenvalue weighted by Crippen LogP contribution is -2.14. The second-order valence-corrected chi connectivity index (χ2v) is 4.23. The highest BCUT2D eigenvalue weighted by atomic mass is 15.2.